The minimum atomic E-state index is -0.451. The van der Waals surface area contributed by atoms with E-state index in [4.69, 9.17) is 0 Å². The maximum Gasteiger partial charge on any atom is 0.234 e. The summed E-state index contributed by atoms with van der Waals surface area (Å²) in [6.45, 7) is 1.12. The molecule has 108 valence electrons. The molecule has 6 nitrogen and oxygen atoms in total. The van der Waals surface area contributed by atoms with Crippen LogP contribution in [0.15, 0.2) is 18.2 Å². The van der Waals surface area contributed by atoms with Crippen LogP contribution in [0.5, 0.6) is 0 Å². The summed E-state index contributed by atoms with van der Waals surface area (Å²) in [7, 11) is 0. The number of β-amino-alcohol motifs (C(OH)–C–C–N with tert-alkyl or cyclic N) is 1. The molecule has 1 atom stereocenters. The molecule has 2 saturated heterocycles. The highest BCUT2D eigenvalue weighted by atomic mass is 16.3. The van der Waals surface area contributed by atoms with E-state index in [2.05, 4.69) is 11.4 Å². The van der Waals surface area contributed by atoms with E-state index in [0.29, 0.717) is 37.1 Å². The van der Waals surface area contributed by atoms with Crippen LogP contribution in [0.2, 0.25) is 0 Å². The highest BCUT2D eigenvalue weighted by Crippen LogP contribution is 2.31. The van der Waals surface area contributed by atoms with Gasteiger partial charge in [-0.05, 0) is 24.1 Å². The number of imide groups is 1. The Kier molecular flexibility index (Phi) is 3.35. The number of hydrogen-bond donors (Lipinski definition) is 2. The fourth-order valence-corrected chi connectivity index (χ4v) is 2.80. The molecule has 0 aliphatic carbocycles. The molecule has 0 saturated carbocycles. The van der Waals surface area contributed by atoms with Crippen molar-refractivity contribution in [2.45, 2.75) is 24.9 Å². The summed E-state index contributed by atoms with van der Waals surface area (Å²) >= 11 is 0. The van der Waals surface area contributed by atoms with E-state index >= 15 is 0 Å². The van der Waals surface area contributed by atoms with Crippen molar-refractivity contribution in [2.24, 2.45) is 0 Å². The van der Waals surface area contributed by atoms with Gasteiger partial charge in [-0.15, -0.1) is 0 Å². The van der Waals surface area contributed by atoms with Crippen LogP contribution in [0.4, 0.5) is 5.69 Å². The molecule has 2 N–H and O–H groups in total. The fourth-order valence-electron chi connectivity index (χ4n) is 2.80. The van der Waals surface area contributed by atoms with Crippen LogP contribution < -0.4 is 10.2 Å². The molecule has 2 heterocycles. The zero-order chi connectivity index (χ0) is 15.0. The lowest BCUT2D eigenvalue weighted by Gasteiger charge is -2.38. The summed E-state index contributed by atoms with van der Waals surface area (Å²) < 4.78 is 0. The number of piperidine rings is 1. The van der Waals surface area contributed by atoms with Crippen LogP contribution in [0.3, 0.4) is 0 Å². The van der Waals surface area contributed by atoms with Crippen molar-refractivity contribution in [3.63, 3.8) is 0 Å². The lowest BCUT2D eigenvalue weighted by atomic mass is 9.87. The van der Waals surface area contributed by atoms with Gasteiger partial charge in [0.05, 0.1) is 23.7 Å². The summed E-state index contributed by atoms with van der Waals surface area (Å²) in [5, 5.41) is 21.0. The average molecular weight is 285 g/mol. The number of aliphatic hydroxyl groups is 1. The van der Waals surface area contributed by atoms with E-state index in [1.165, 1.54) is 0 Å². The third kappa shape index (κ3) is 2.48. The monoisotopic (exact) mass is 285 g/mol. The van der Waals surface area contributed by atoms with Gasteiger partial charge in [-0.25, -0.2) is 0 Å². The van der Waals surface area contributed by atoms with Gasteiger partial charge in [-0.2, -0.15) is 5.26 Å². The summed E-state index contributed by atoms with van der Waals surface area (Å²) in [5.41, 5.74) is 1.98. The largest absolute Gasteiger partial charge is 0.389 e. The van der Waals surface area contributed by atoms with E-state index < -0.39 is 5.92 Å². The summed E-state index contributed by atoms with van der Waals surface area (Å²) in [4.78, 5) is 25.1. The third-order valence-corrected chi connectivity index (χ3v) is 4.00. The number of amides is 2. The Labute approximate surface area is 122 Å². The van der Waals surface area contributed by atoms with Gasteiger partial charge in [-0.3, -0.25) is 14.9 Å². The van der Waals surface area contributed by atoms with Gasteiger partial charge in [0.15, 0.2) is 0 Å². The first kappa shape index (κ1) is 13.6. The third-order valence-electron chi connectivity index (χ3n) is 4.00. The molecule has 2 amide bonds. The van der Waals surface area contributed by atoms with E-state index in [1.807, 2.05) is 11.0 Å². The number of carbonyl (C=O) groups is 2. The molecule has 21 heavy (non-hydrogen) atoms. The molecule has 1 aromatic carbocycles. The van der Waals surface area contributed by atoms with Gasteiger partial charge >= 0.3 is 0 Å². The minimum Gasteiger partial charge on any atom is -0.389 e. The number of anilines is 1. The van der Waals surface area contributed by atoms with Crippen LogP contribution in [0.25, 0.3) is 0 Å². The Morgan fingerprint density at radius 2 is 2.10 bits per heavy atom. The van der Waals surface area contributed by atoms with Gasteiger partial charge in [0.1, 0.15) is 0 Å². The van der Waals surface area contributed by atoms with Crippen LogP contribution in [-0.4, -0.2) is 36.1 Å². The molecule has 1 unspecified atom stereocenters. The lowest BCUT2D eigenvalue weighted by molar-refractivity contribution is -0.134. The number of nitrogens with zero attached hydrogens (tertiary/aromatic N) is 2. The number of carbonyl (C=O) groups excluding carboxylic acids is 2. The Morgan fingerprint density at radius 3 is 2.71 bits per heavy atom. The van der Waals surface area contributed by atoms with Crippen molar-refractivity contribution in [2.75, 3.05) is 18.0 Å². The molecule has 0 aromatic heterocycles. The number of aliphatic hydroxyl groups excluding tert-OH is 1. The van der Waals surface area contributed by atoms with Gasteiger partial charge in [0.25, 0.3) is 0 Å². The Balaban J connectivity index is 1.87. The second-order valence-electron chi connectivity index (χ2n) is 5.45. The quantitative estimate of drug-likeness (QED) is 0.760. The lowest BCUT2D eigenvalue weighted by Crippen LogP contribution is -2.50. The molecule has 6 heteroatoms. The van der Waals surface area contributed by atoms with Crippen molar-refractivity contribution in [1.29, 1.82) is 5.26 Å². The first-order valence-electron chi connectivity index (χ1n) is 6.89. The van der Waals surface area contributed by atoms with Crippen LogP contribution in [-0.2, 0) is 9.59 Å². The topological polar surface area (TPSA) is 93.4 Å². The zero-order valence-corrected chi connectivity index (χ0v) is 11.4. The summed E-state index contributed by atoms with van der Waals surface area (Å²) in [6.07, 6.45) is 0.410. The molecule has 2 aliphatic rings. The summed E-state index contributed by atoms with van der Waals surface area (Å²) in [6, 6.07) is 7.50. The number of hydrogen-bond acceptors (Lipinski definition) is 5. The predicted octanol–water partition coefficient (Wildman–Crippen LogP) is 0.259. The highest BCUT2D eigenvalue weighted by molar-refractivity contribution is 6.01. The Bertz CT molecular complexity index is 644. The van der Waals surface area contributed by atoms with Gasteiger partial charge in [-0.1, -0.05) is 6.07 Å². The van der Waals surface area contributed by atoms with Crippen molar-refractivity contribution < 1.29 is 14.7 Å². The normalized spacial score (nSPS) is 22.5. The molecule has 2 fully saturated rings. The molecule has 3 rings (SSSR count). The second kappa shape index (κ2) is 5.19. The molecule has 1 aromatic rings. The average Bonchev–Trinajstić information content (AvgIpc) is 2.44. The minimum absolute atomic E-state index is 0.263. The van der Waals surface area contributed by atoms with Crippen molar-refractivity contribution in [3.8, 4) is 6.07 Å². The molecule has 0 bridgehead atoms. The number of nitrogens with one attached hydrogen (secondary N) is 1. The number of benzene rings is 1. The van der Waals surface area contributed by atoms with Crippen LogP contribution >= 0.6 is 0 Å². The SMILES string of the molecule is N#Cc1cc(N2CC(O)C2)ccc1C1CCC(=O)NC1=O. The highest BCUT2D eigenvalue weighted by Gasteiger charge is 2.31. The van der Waals surface area contributed by atoms with Gasteiger partial charge in [0.2, 0.25) is 11.8 Å². The Hall–Kier alpha value is -2.39. The molecule has 0 spiro atoms. The second-order valence-corrected chi connectivity index (χ2v) is 5.45. The predicted molar refractivity (Wildman–Crippen MR) is 74.5 cm³/mol. The Morgan fingerprint density at radius 1 is 1.33 bits per heavy atom. The van der Waals surface area contributed by atoms with Gasteiger partial charge < -0.3 is 10.0 Å². The molecular weight excluding hydrogens is 270 g/mol. The van der Waals surface area contributed by atoms with Crippen molar-refractivity contribution in [1.82, 2.24) is 5.32 Å². The molecule has 0 radical (unpaired) electrons. The summed E-state index contributed by atoms with van der Waals surface area (Å²) in [5.74, 6) is -1.05. The number of rotatable bonds is 2. The maximum atomic E-state index is 11.9. The van der Waals surface area contributed by atoms with E-state index in [0.717, 1.165) is 5.69 Å². The fraction of sp³-hybridized carbons (Fsp3) is 0.400. The zero-order valence-electron chi connectivity index (χ0n) is 11.4. The molecule has 2 aliphatic heterocycles. The first-order valence-corrected chi connectivity index (χ1v) is 6.89. The van der Waals surface area contributed by atoms with Crippen LogP contribution in [0, 0.1) is 11.3 Å². The molecular formula is C15H15N3O3. The number of nitriles is 1. The van der Waals surface area contributed by atoms with Crippen molar-refractivity contribution >= 4 is 17.5 Å². The van der Waals surface area contributed by atoms with Gasteiger partial charge in [0, 0.05) is 25.2 Å². The van der Waals surface area contributed by atoms with Crippen molar-refractivity contribution in [3.05, 3.63) is 29.3 Å². The first-order chi connectivity index (χ1) is 10.1. The van der Waals surface area contributed by atoms with E-state index in [9.17, 15) is 20.0 Å². The smallest absolute Gasteiger partial charge is 0.234 e. The van der Waals surface area contributed by atoms with E-state index in [-0.39, 0.29) is 17.9 Å². The maximum absolute atomic E-state index is 11.9. The standard InChI is InChI=1S/C15H15N3O3/c16-6-9-5-10(18-7-11(19)8-18)1-2-12(9)13-3-4-14(20)17-15(13)21/h1-2,5,11,13,19H,3-4,7-8H2,(H,17,20,21). The van der Waals surface area contributed by atoms with E-state index in [1.54, 1.807) is 12.1 Å². The van der Waals surface area contributed by atoms with Crippen LogP contribution in [0.1, 0.15) is 29.9 Å².